The van der Waals surface area contributed by atoms with Crippen LogP contribution in [-0.2, 0) is 9.63 Å². The fourth-order valence-corrected chi connectivity index (χ4v) is 3.89. The molecule has 3 fully saturated rings. The third-order valence-electron chi connectivity index (χ3n) is 5.46. The second-order valence-corrected chi connectivity index (χ2v) is 6.51. The first-order valence-corrected chi connectivity index (χ1v) is 7.21. The number of carbonyl (C=O) groups excluding carboxylic acids is 1. The first-order chi connectivity index (χ1) is 8.48. The molecule has 0 unspecified atom stereocenters. The Morgan fingerprint density at radius 1 is 1.33 bits per heavy atom. The SMILES string of the molecule is CC(C)[C@]1(C)N(C)C(=O)[C@H]2[C@@H]3CCCC[C@@H]3ON21. The van der Waals surface area contributed by atoms with Crippen LogP contribution in [0.4, 0.5) is 0 Å². The summed E-state index contributed by atoms with van der Waals surface area (Å²) in [6.45, 7) is 6.46. The molecule has 0 radical (unpaired) electrons. The molecular formula is C14H24N2O2. The van der Waals surface area contributed by atoms with Gasteiger partial charge in [0.2, 0.25) is 5.91 Å². The Morgan fingerprint density at radius 2 is 2.00 bits per heavy atom. The Labute approximate surface area is 109 Å². The molecule has 0 aromatic rings. The van der Waals surface area contributed by atoms with E-state index < -0.39 is 0 Å². The van der Waals surface area contributed by atoms with Crippen molar-refractivity contribution in [3.63, 3.8) is 0 Å². The van der Waals surface area contributed by atoms with E-state index in [1.807, 2.05) is 17.0 Å². The van der Waals surface area contributed by atoms with E-state index in [9.17, 15) is 4.79 Å². The highest BCUT2D eigenvalue weighted by atomic mass is 16.7. The highest BCUT2D eigenvalue weighted by Crippen LogP contribution is 2.48. The number of hydroxylamine groups is 2. The van der Waals surface area contributed by atoms with Gasteiger partial charge in [0, 0.05) is 13.0 Å². The van der Waals surface area contributed by atoms with E-state index in [0.717, 1.165) is 12.8 Å². The highest BCUT2D eigenvalue weighted by molar-refractivity contribution is 5.85. The van der Waals surface area contributed by atoms with Crippen LogP contribution in [0, 0.1) is 11.8 Å². The number of rotatable bonds is 1. The molecule has 0 aromatic carbocycles. The lowest BCUT2D eigenvalue weighted by molar-refractivity contribution is -0.239. The quantitative estimate of drug-likeness (QED) is 0.715. The summed E-state index contributed by atoms with van der Waals surface area (Å²) in [6, 6.07) is -0.0345. The molecule has 2 aliphatic heterocycles. The Balaban J connectivity index is 1.96. The van der Waals surface area contributed by atoms with Crippen molar-refractivity contribution < 1.29 is 9.63 Å². The summed E-state index contributed by atoms with van der Waals surface area (Å²) in [4.78, 5) is 20.6. The summed E-state index contributed by atoms with van der Waals surface area (Å²) in [5, 5.41) is 2.03. The smallest absolute Gasteiger partial charge is 0.244 e. The van der Waals surface area contributed by atoms with Crippen LogP contribution in [0.15, 0.2) is 0 Å². The number of hydrogen-bond acceptors (Lipinski definition) is 3. The van der Waals surface area contributed by atoms with Crippen LogP contribution in [0.1, 0.15) is 46.5 Å². The van der Waals surface area contributed by atoms with Crippen molar-refractivity contribution in [1.29, 1.82) is 0 Å². The zero-order valence-electron chi connectivity index (χ0n) is 11.8. The van der Waals surface area contributed by atoms with Crippen molar-refractivity contribution in [2.75, 3.05) is 7.05 Å². The van der Waals surface area contributed by atoms with Crippen molar-refractivity contribution in [1.82, 2.24) is 9.96 Å². The van der Waals surface area contributed by atoms with E-state index in [0.29, 0.717) is 11.8 Å². The lowest BCUT2D eigenvalue weighted by atomic mass is 9.82. The minimum atomic E-state index is -0.293. The van der Waals surface area contributed by atoms with Gasteiger partial charge in [0.25, 0.3) is 0 Å². The molecule has 1 saturated carbocycles. The van der Waals surface area contributed by atoms with Crippen LogP contribution < -0.4 is 0 Å². The van der Waals surface area contributed by atoms with Crippen LogP contribution in [0.3, 0.4) is 0 Å². The molecule has 2 saturated heterocycles. The van der Waals surface area contributed by atoms with Gasteiger partial charge in [0.1, 0.15) is 11.7 Å². The predicted molar refractivity (Wildman–Crippen MR) is 68.5 cm³/mol. The highest BCUT2D eigenvalue weighted by Gasteiger charge is 2.62. The number of fused-ring (bicyclic) bond motifs is 3. The van der Waals surface area contributed by atoms with Crippen molar-refractivity contribution in [2.45, 2.75) is 64.3 Å². The molecule has 1 aliphatic carbocycles. The molecule has 18 heavy (non-hydrogen) atoms. The zero-order valence-corrected chi connectivity index (χ0v) is 11.8. The molecule has 0 N–H and O–H groups in total. The van der Waals surface area contributed by atoms with E-state index in [1.54, 1.807) is 0 Å². The number of nitrogens with zero attached hydrogens (tertiary/aromatic N) is 2. The maximum atomic E-state index is 12.6. The fourth-order valence-electron chi connectivity index (χ4n) is 3.89. The summed E-state index contributed by atoms with van der Waals surface area (Å²) in [6.07, 6.45) is 5.01. The average Bonchev–Trinajstić information content (AvgIpc) is 2.82. The molecule has 1 amide bonds. The molecular weight excluding hydrogens is 228 g/mol. The largest absolute Gasteiger partial charge is 0.324 e. The average molecular weight is 252 g/mol. The lowest BCUT2D eigenvalue weighted by Gasteiger charge is -2.41. The monoisotopic (exact) mass is 252 g/mol. The summed E-state index contributed by atoms with van der Waals surface area (Å²) in [5.74, 6) is 1.02. The molecule has 4 atom stereocenters. The van der Waals surface area contributed by atoms with Gasteiger partial charge >= 0.3 is 0 Å². The minimum Gasteiger partial charge on any atom is -0.324 e. The molecule has 102 valence electrons. The first kappa shape index (κ1) is 12.4. The maximum absolute atomic E-state index is 12.6. The number of likely N-dealkylation sites (N-methyl/N-ethyl adjacent to an activating group) is 1. The third-order valence-corrected chi connectivity index (χ3v) is 5.46. The normalized spacial score (nSPS) is 44.6. The Hall–Kier alpha value is -0.610. The van der Waals surface area contributed by atoms with Gasteiger partial charge in [-0.3, -0.25) is 9.63 Å². The third kappa shape index (κ3) is 1.36. The van der Waals surface area contributed by atoms with Gasteiger partial charge < -0.3 is 4.90 Å². The predicted octanol–water partition coefficient (Wildman–Crippen LogP) is 2.01. The van der Waals surface area contributed by atoms with Crippen molar-refractivity contribution >= 4 is 5.91 Å². The van der Waals surface area contributed by atoms with Gasteiger partial charge in [-0.2, -0.15) is 5.06 Å². The second kappa shape index (κ2) is 3.94. The van der Waals surface area contributed by atoms with Crippen molar-refractivity contribution in [3.05, 3.63) is 0 Å². The number of hydrogen-bond donors (Lipinski definition) is 0. The van der Waals surface area contributed by atoms with Crippen LogP contribution in [-0.4, -0.2) is 40.7 Å². The second-order valence-electron chi connectivity index (χ2n) is 6.51. The first-order valence-electron chi connectivity index (χ1n) is 7.21. The Morgan fingerprint density at radius 3 is 2.67 bits per heavy atom. The summed E-state index contributed by atoms with van der Waals surface area (Å²) < 4.78 is 0. The van der Waals surface area contributed by atoms with Crippen LogP contribution in [0.5, 0.6) is 0 Å². The molecule has 0 bridgehead atoms. The summed E-state index contributed by atoms with van der Waals surface area (Å²) in [5.41, 5.74) is -0.293. The van der Waals surface area contributed by atoms with Gasteiger partial charge in [-0.15, -0.1) is 0 Å². The molecule has 3 aliphatic rings. The fraction of sp³-hybridized carbons (Fsp3) is 0.929. The standard InChI is InChI=1S/C14H24N2O2/c1-9(2)14(3)15(4)13(17)12-10-7-5-6-8-11(10)18-16(12)14/h9-12H,5-8H2,1-4H3/t10-,11+,12-,14-/m1/s1. The van der Waals surface area contributed by atoms with Crippen molar-refractivity contribution in [3.8, 4) is 0 Å². The molecule has 0 spiro atoms. The lowest BCUT2D eigenvalue weighted by Crippen LogP contribution is -2.53. The molecule has 4 heteroatoms. The molecule has 0 aromatic heterocycles. The zero-order chi connectivity index (χ0) is 13.1. The Bertz CT molecular complexity index is 371. The van der Waals surface area contributed by atoms with Crippen LogP contribution >= 0.6 is 0 Å². The number of carbonyl (C=O) groups is 1. The van der Waals surface area contributed by atoms with E-state index in [-0.39, 0.29) is 23.7 Å². The van der Waals surface area contributed by atoms with E-state index in [4.69, 9.17) is 4.84 Å². The van der Waals surface area contributed by atoms with Gasteiger partial charge in [-0.05, 0) is 25.7 Å². The maximum Gasteiger partial charge on any atom is 0.244 e. The topological polar surface area (TPSA) is 32.8 Å². The summed E-state index contributed by atoms with van der Waals surface area (Å²) >= 11 is 0. The van der Waals surface area contributed by atoms with Gasteiger partial charge in [-0.1, -0.05) is 26.7 Å². The Kier molecular flexibility index (Phi) is 2.72. The van der Waals surface area contributed by atoms with E-state index in [1.165, 1.54) is 12.8 Å². The van der Waals surface area contributed by atoms with Crippen LogP contribution in [0.25, 0.3) is 0 Å². The van der Waals surface area contributed by atoms with Gasteiger partial charge in [0.05, 0.1) is 6.10 Å². The summed E-state index contributed by atoms with van der Waals surface area (Å²) in [7, 11) is 1.92. The molecule has 3 rings (SSSR count). The van der Waals surface area contributed by atoms with Gasteiger partial charge in [-0.25, -0.2) is 0 Å². The molecule has 4 nitrogen and oxygen atoms in total. The van der Waals surface area contributed by atoms with Crippen molar-refractivity contribution in [2.24, 2.45) is 11.8 Å². The van der Waals surface area contributed by atoms with Crippen LogP contribution in [0.2, 0.25) is 0 Å². The van der Waals surface area contributed by atoms with Gasteiger partial charge in [0.15, 0.2) is 0 Å². The number of amides is 1. The van der Waals surface area contributed by atoms with E-state index >= 15 is 0 Å². The molecule has 2 heterocycles. The minimum absolute atomic E-state index is 0.0345. The van der Waals surface area contributed by atoms with E-state index in [2.05, 4.69) is 20.8 Å².